The van der Waals surface area contributed by atoms with Gasteiger partial charge >= 0.3 is 0 Å². The van der Waals surface area contributed by atoms with Gasteiger partial charge in [0.05, 0.1) is 11.3 Å². The molecule has 0 radical (unpaired) electrons. The van der Waals surface area contributed by atoms with E-state index in [1.54, 1.807) is 0 Å². The van der Waals surface area contributed by atoms with Crippen LogP contribution >= 0.6 is 0 Å². The summed E-state index contributed by atoms with van der Waals surface area (Å²) in [6.45, 7) is 9.23. The van der Waals surface area contributed by atoms with Crippen LogP contribution in [-0.2, 0) is 7.05 Å². The summed E-state index contributed by atoms with van der Waals surface area (Å²) < 4.78 is 1.93. The molecule has 0 aliphatic heterocycles. The van der Waals surface area contributed by atoms with Crippen molar-refractivity contribution in [1.29, 1.82) is 0 Å². The Kier molecular flexibility index (Phi) is 4.55. The lowest BCUT2D eigenvalue weighted by Crippen LogP contribution is -2.44. The van der Waals surface area contributed by atoms with Crippen LogP contribution in [0.25, 0.3) is 0 Å². The molecule has 2 N–H and O–H groups in total. The Hall–Kier alpha value is -0.870. The fourth-order valence-electron chi connectivity index (χ4n) is 3.65. The number of aromatic nitrogens is 2. The summed E-state index contributed by atoms with van der Waals surface area (Å²) in [5, 5.41) is 18.7. The molecule has 1 saturated carbocycles. The van der Waals surface area contributed by atoms with Crippen LogP contribution in [-0.4, -0.2) is 27.0 Å². The third kappa shape index (κ3) is 3.23. The van der Waals surface area contributed by atoms with Crippen molar-refractivity contribution in [2.75, 3.05) is 6.54 Å². The summed E-state index contributed by atoms with van der Waals surface area (Å²) in [4.78, 5) is 0. The molecule has 1 aliphatic carbocycles. The lowest BCUT2D eigenvalue weighted by atomic mass is 9.79. The van der Waals surface area contributed by atoms with Gasteiger partial charge in [-0.1, -0.05) is 19.8 Å². The fraction of sp³-hybridized carbons (Fsp3) is 0.812. The highest BCUT2D eigenvalue weighted by atomic mass is 16.3. The molecule has 3 unspecified atom stereocenters. The Morgan fingerprint density at radius 1 is 1.50 bits per heavy atom. The van der Waals surface area contributed by atoms with Gasteiger partial charge in [0.25, 0.3) is 0 Å². The molecule has 0 aromatic carbocycles. The molecule has 0 saturated heterocycles. The van der Waals surface area contributed by atoms with Crippen LogP contribution in [0.2, 0.25) is 0 Å². The van der Waals surface area contributed by atoms with Gasteiger partial charge in [-0.2, -0.15) is 5.10 Å². The van der Waals surface area contributed by atoms with Crippen LogP contribution in [0.15, 0.2) is 0 Å². The van der Waals surface area contributed by atoms with E-state index < -0.39 is 5.60 Å². The van der Waals surface area contributed by atoms with E-state index in [1.165, 1.54) is 17.7 Å². The van der Waals surface area contributed by atoms with Crippen molar-refractivity contribution in [3.05, 3.63) is 17.0 Å². The molecule has 0 amide bonds. The maximum Gasteiger partial charge on any atom is 0.0774 e. The zero-order chi connectivity index (χ0) is 14.9. The first-order valence-electron chi connectivity index (χ1n) is 7.78. The second-order valence-corrected chi connectivity index (χ2v) is 6.74. The number of hydrogen-bond acceptors (Lipinski definition) is 3. The minimum absolute atomic E-state index is 0.227. The second-order valence-electron chi connectivity index (χ2n) is 6.74. The van der Waals surface area contributed by atoms with Crippen molar-refractivity contribution in [2.45, 2.75) is 65.0 Å². The predicted molar refractivity (Wildman–Crippen MR) is 81.7 cm³/mol. The van der Waals surface area contributed by atoms with Gasteiger partial charge in [-0.3, -0.25) is 4.68 Å². The van der Waals surface area contributed by atoms with Crippen molar-refractivity contribution in [1.82, 2.24) is 15.1 Å². The van der Waals surface area contributed by atoms with Crippen molar-refractivity contribution < 1.29 is 5.11 Å². The zero-order valence-electron chi connectivity index (χ0n) is 13.5. The second kappa shape index (κ2) is 5.86. The average Bonchev–Trinajstić information content (AvgIpc) is 2.60. The Balaban J connectivity index is 1.99. The van der Waals surface area contributed by atoms with Gasteiger partial charge in [-0.05, 0) is 39.5 Å². The Labute approximate surface area is 122 Å². The number of aliphatic hydroxyl groups is 1. The van der Waals surface area contributed by atoms with Gasteiger partial charge in [-0.25, -0.2) is 0 Å². The quantitative estimate of drug-likeness (QED) is 0.891. The fourth-order valence-corrected chi connectivity index (χ4v) is 3.65. The summed E-state index contributed by atoms with van der Waals surface area (Å²) in [5.41, 5.74) is 3.01. The number of nitrogens with one attached hydrogen (secondary N) is 1. The normalized spacial score (nSPS) is 28.6. The van der Waals surface area contributed by atoms with Gasteiger partial charge in [0.15, 0.2) is 0 Å². The molecule has 4 nitrogen and oxygen atoms in total. The molecule has 2 rings (SSSR count). The molecular formula is C16H29N3O. The largest absolute Gasteiger partial charge is 0.389 e. The van der Waals surface area contributed by atoms with Gasteiger partial charge in [-0.15, -0.1) is 0 Å². The molecule has 114 valence electrons. The highest BCUT2D eigenvalue weighted by Gasteiger charge is 2.33. The van der Waals surface area contributed by atoms with E-state index in [0.717, 1.165) is 25.0 Å². The molecule has 1 aliphatic rings. The molecule has 3 atom stereocenters. The van der Waals surface area contributed by atoms with Gasteiger partial charge < -0.3 is 10.4 Å². The topological polar surface area (TPSA) is 50.1 Å². The van der Waals surface area contributed by atoms with Gasteiger partial charge in [0.2, 0.25) is 0 Å². The van der Waals surface area contributed by atoms with Crippen LogP contribution < -0.4 is 5.32 Å². The van der Waals surface area contributed by atoms with Crippen LogP contribution in [0.3, 0.4) is 0 Å². The number of hydrogen-bond donors (Lipinski definition) is 2. The lowest BCUT2D eigenvalue weighted by Gasteiger charge is -2.36. The molecule has 1 aromatic heterocycles. The first kappa shape index (κ1) is 15.5. The average molecular weight is 279 g/mol. The van der Waals surface area contributed by atoms with Crippen LogP contribution in [0, 0.1) is 19.8 Å². The SMILES string of the molecule is Cc1nn(C)c(C)c1C(C)NCC1(O)CCCC(C)C1. The Bertz CT molecular complexity index is 469. The Morgan fingerprint density at radius 3 is 2.75 bits per heavy atom. The maximum absolute atomic E-state index is 10.7. The van der Waals surface area contributed by atoms with Crippen molar-refractivity contribution in [2.24, 2.45) is 13.0 Å². The summed E-state index contributed by atoms with van der Waals surface area (Å²) >= 11 is 0. The summed E-state index contributed by atoms with van der Waals surface area (Å²) in [6, 6.07) is 0.227. The summed E-state index contributed by atoms with van der Waals surface area (Å²) in [5.74, 6) is 0.632. The minimum atomic E-state index is -0.532. The van der Waals surface area contributed by atoms with E-state index in [9.17, 15) is 5.11 Å². The third-order valence-electron chi connectivity index (χ3n) is 4.80. The first-order valence-corrected chi connectivity index (χ1v) is 7.78. The zero-order valence-corrected chi connectivity index (χ0v) is 13.5. The number of rotatable bonds is 4. The first-order chi connectivity index (χ1) is 9.32. The van der Waals surface area contributed by atoms with Gasteiger partial charge in [0, 0.05) is 30.9 Å². The Morgan fingerprint density at radius 2 is 2.20 bits per heavy atom. The molecular weight excluding hydrogens is 250 g/mol. The monoisotopic (exact) mass is 279 g/mol. The van der Waals surface area contributed by atoms with Crippen LogP contribution in [0.4, 0.5) is 0 Å². The molecule has 1 aromatic rings. The van der Waals surface area contributed by atoms with E-state index in [2.05, 4.69) is 38.1 Å². The highest BCUT2D eigenvalue weighted by Crippen LogP contribution is 2.32. The predicted octanol–water partition coefficient (Wildman–Crippen LogP) is 2.63. The smallest absolute Gasteiger partial charge is 0.0774 e. The van der Waals surface area contributed by atoms with Gasteiger partial charge in [0.1, 0.15) is 0 Å². The van der Waals surface area contributed by atoms with E-state index in [0.29, 0.717) is 12.5 Å². The van der Waals surface area contributed by atoms with Crippen molar-refractivity contribution in [3.8, 4) is 0 Å². The molecule has 1 fully saturated rings. The summed E-state index contributed by atoms with van der Waals surface area (Å²) in [7, 11) is 1.98. The minimum Gasteiger partial charge on any atom is -0.389 e. The van der Waals surface area contributed by atoms with E-state index in [4.69, 9.17) is 0 Å². The van der Waals surface area contributed by atoms with Crippen molar-refractivity contribution >= 4 is 0 Å². The van der Waals surface area contributed by atoms with Crippen molar-refractivity contribution in [3.63, 3.8) is 0 Å². The number of aryl methyl sites for hydroxylation is 2. The maximum atomic E-state index is 10.7. The molecule has 1 heterocycles. The summed E-state index contributed by atoms with van der Waals surface area (Å²) in [6.07, 6.45) is 4.22. The molecule has 0 bridgehead atoms. The molecule has 4 heteroatoms. The standard InChI is InChI=1S/C16H29N3O/c1-11-7-6-8-16(20,9-11)10-17-12(2)15-13(3)18-19(5)14(15)4/h11-12,17,20H,6-10H2,1-5H3. The van der Waals surface area contributed by atoms with Crippen LogP contribution in [0.5, 0.6) is 0 Å². The highest BCUT2D eigenvalue weighted by molar-refractivity contribution is 5.27. The van der Waals surface area contributed by atoms with E-state index in [1.807, 2.05) is 11.7 Å². The third-order valence-corrected chi connectivity index (χ3v) is 4.80. The molecule has 20 heavy (non-hydrogen) atoms. The van der Waals surface area contributed by atoms with E-state index in [-0.39, 0.29) is 6.04 Å². The molecule has 0 spiro atoms. The lowest BCUT2D eigenvalue weighted by molar-refractivity contribution is -0.0134. The van der Waals surface area contributed by atoms with Crippen LogP contribution in [0.1, 0.15) is 62.5 Å². The number of nitrogens with zero attached hydrogens (tertiary/aromatic N) is 2. The van der Waals surface area contributed by atoms with E-state index >= 15 is 0 Å².